The summed E-state index contributed by atoms with van der Waals surface area (Å²) in [5.74, 6) is 0.403. The van der Waals surface area contributed by atoms with Crippen LogP contribution in [0.2, 0.25) is 0 Å². The highest BCUT2D eigenvalue weighted by atomic mass is 32.1. The molecule has 2 fully saturated rings. The lowest BCUT2D eigenvalue weighted by Gasteiger charge is -2.38. The number of halogens is 1. The van der Waals surface area contributed by atoms with Gasteiger partial charge in [0.2, 0.25) is 0 Å². The molecular formula is C22H30FN5OS. The maximum atomic E-state index is 13.2. The minimum atomic E-state index is -0.205. The second-order valence-electron chi connectivity index (χ2n) is 7.86. The van der Waals surface area contributed by atoms with E-state index in [-0.39, 0.29) is 18.0 Å². The van der Waals surface area contributed by atoms with Gasteiger partial charge in [-0.05, 0) is 42.6 Å². The normalized spacial score (nSPS) is 22.3. The van der Waals surface area contributed by atoms with Crippen molar-refractivity contribution < 1.29 is 9.13 Å². The zero-order valence-electron chi connectivity index (χ0n) is 17.4. The molecule has 0 aliphatic carbocycles. The van der Waals surface area contributed by atoms with Gasteiger partial charge in [0.25, 0.3) is 0 Å². The predicted octanol–water partition coefficient (Wildman–Crippen LogP) is 2.79. The van der Waals surface area contributed by atoms with E-state index in [0.717, 1.165) is 51.6 Å². The van der Waals surface area contributed by atoms with Crippen LogP contribution >= 0.6 is 11.3 Å². The number of aliphatic imine (C=N–C) groups is 1. The number of hydrogen-bond acceptors (Lipinski definition) is 5. The maximum absolute atomic E-state index is 13.2. The number of nitrogens with zero attached hydrogens (tertiary/aromatic N) is 4. The minimum absolute atomic E-state index is 0.205. The molecule has 2 atom stereocenters. The third kappa shape index (κ3) is 5.11. The maximum Gasteiger partial charge on any atom is 0.191 e. The Kier molecular flexibility index (Phi) is 6.86. The standard InChI is InChI=1S/C22H30FN5OS/c1-17-16-28(12-13-29-17)20(21-3-2-14-30-21)15-25-22(24)27-10-8-26(9-11-27)19-6-4-18(23)5-7-19/h2-7,14,17,20H,8-13,15-16H2,1H3,(H2,24,25). The highest BCUT2D eigenvalue weighted by molar-refractivity contribution is 7.10. The zero-order valence-corrected chi connectivity index (χ0v) is 18.2. The van der Waals surface area contributed by atoms with Gasteiger partial charge < -0.3 is 20.3 Å². The molecule has 162 valence electrons. The van der Waals surface area contributed by atoms with Crippen molar-refractivity contribution in [2.45, 2.75) is 19.1 Å². The van der Waals surface area contributed by atoms with E-state index in [1.54, 1.807) is 11.3 Å². The van der Waals surface area contributed by atoms with Crippen LogP contribution in [0.4, 0.5) is 10.1 Å². The summed E-state index contributed by atoms with van der Waals surface area (Å²) in [5.41, 5.74) is 7.43. The van der Waals surface area contributed by atoms with Crippen LogP contribution in [-0.2, 0) is 4.74 Å². The molecule has 2 aliphatic rings. The van der Waals surface area contributed by atoms with Crippen LogP contribution in [0.15, 0.2) is 46.8 Å². The van der Waals surface area contributed by atoms with Gasteiger partial charge in [-0.25, -0.2) is 4.39 Å². The number of morpholine rings is 1. The van der Waals surface area contributed by atoms with E-state index in [2.05, 4.69) is 39.1 Å². The van der Waals surface area contributed by atoms with Crippen LogP contribution in [0, 0.1) is 5.82 Å². The summed E-state index contributed by atoms with van der Waals surface area (Å²) in [6.45, 7) is 8.66. The first-order chi connectivity index (χ1) is 14.6. The highest BCUT2D eigenvalue weighted by Crippen LogP contribution is 2.27. The first-order valence-corrected chi connectivity index (χ1v) is 11.4. The molecule has 3 heterocycles. The van der Waals surface area contributed by atoms with E-state index in [1.807, 2.05) is 12.1 Å². The molecule has 4 rings (SSSR count). The van der Waals surface area contributed by atoms with Crippen molar-refractivity contribution in [2.75, 3.05) is 57.3 Å². The molecule has 8 heteroatoms. The Balaban J connectivity index is 1.37. The van der Waals surface area contributed by atoms with E-state index in [9.17, 15) is 4.39 Å². The number of hydrogen-bond donors (Lipinski definition) is 1. The molecule has 6 nitrogen and oxygen atoms in total. The van der Waals surface area contributed by atoms with Gasteiger partial charge in [-0.15, -0.1) is 11.3 Å². The monoisotopic (exact) mass is 431 g/mol. The number of ether oxygens (including phenoxy) is 1. The molecule has 2 aromatic rings. The Morgan fingerprint density at radius 1 is 1.20 bits per heavy atom. The molecule has 1 aromatic heterocycles. The third-order valence-corrected chi connectivity index (χ3v) is 6.78. The van der Waals surface area contributed by atoms with Crippen LogP contribution in [0.25, 0.3) is 0 Å². The highest BCUT2D eigenvalue weighted by Gasteiger charge is 2.27. The average molecular weight is 432 g/mol. The van der Waals surface area contributed by atoms with Crippen LogP contribution in [0.3, 0.4) is 0 Å². The predicted molar refractivity (Wildman–Crippen MR) is 121 cm³/mol. The fourth-order valence-corrected chi connectivity index (χ4v) is 4.97. The van der Waals surface area contributed by atoms with Crippen molar-refractivity contribution >= 4 is 23.0 Å². The fraction of sp³-hybridized carbons (Fsp3) is 0.500. The summed E-state index contributed by atoms with van der Waals surface area (Å²) in [6, 6.07) is 11.2. The second-order valence-corrected chi connectivity index (χ2v) is 8.84. The quantitative estimate of drug-likeness (QED) is 0.583. The Morgan fingerprint density at radius 3 is 2.63 bits per heavy atom. The summed E-state index contributed by atoms with van der Waals surface area (Å²) in [7, 11) is 0. The lowest BCUT2D eigenvalue weighted by atomic mass is 10.1. The van der Waals surface area contributed by atoms with Crippen LogP contribution in [0.5, 0.6) is 0 Å². The van der Waals surface area contributed by atoms with E-state index in [4.69, 9.17) is 15.5 Å². The molecular weight excluding hydrogens is 401 g/mol. The molecule has 0 saturated carbocycles. The summed E-state index contributed by atoms with van der Waals surface area (Å²) >= 11 is 1.77. The van der Waals surface area contributed by atoms with Crippen molar-refractivity contribution in [1.29, 1.82) is 0 Å². The Labute approximate surface area is 181 Å². The van der Waals surface area contributed by atoms with Gasteiger partial charge in [0, 0.05) is 49.8 Å². The molecule has 2 unspecified atom stereocenters. The third-order valence-electron chi connectivity index (χ3n) is 5.81. The molecule has 0 amide bonds. The van der Waals surface area contributed by atoms with Crippen LogP contribution in [0.1, 0.15) is 17.8 Å². The van der Waals surface area contributed by atoms with E-state index < -0.39 is 0 Å². The first-order valence-electron chi connectivity index (χ1n) is 10.5. The zero-order chi connectivity index (χ0) is 20.9. The van der Waals surface area contributed by atoms with Gasteiger partial charge in [0.05, 0.1) is 25.3 Å². The number of anilines is 1. The average Bonchev–Trinajstić information content (AvgIpc) is 3.29. The van der Waals surface area contributed by atoms with Gasteiger partial charge in [-0.3, -0.25) is 9.89 Å². The Morgan fingerprint density at radius 2 is 1.97 bits per heavy atom. The van der Waals surface area contributed by atoms with Crippen LogP contribution in [-0.4, -0.2) is 74.3 Å². The minimum Gasteiger partial charge on any atom is -0.376 e. The largest absolute Gasteiger partial charge is 0.376 e. The van der Waals surface area contributed by atoms with Crippen molar-refractivity contribution in [1.82, 2.24) is 9.80 Å². The molecule has 2 saturated heterocycles. The topological polar surface area (TPSA) is 57.3 Å². The molecule has 2 aliphatic heterocycles. The van der Waals surface area contributed by atoms with Crippen LogP contribution < -0.4 is 10.6 Å². The number of nitrogens with two attached hydrogens (primary N) is 1. The van der Waals surface area contributed by atoms with Gasteiger partial charge >= 0.3 is 0 Å². The Hall–Kier alpha value is -2.16. The summed E-state index contributed by atoms with van der Waals surface area (Å²) in [4.78, 5) is 13.0. The Bertz CT molecular complexity index is 821. The van der Waals surface area contributed by atoms with E-state index in [1.165, 1.54) is 17.0 Å². The summed E-state index contributed by atoms with van der Waals surface area (Å²) in [5, 5.41) is 2.12. The number of benzene rings is 1. The van der Waals surface area contributed by atoms with Gasteiger partial charge in [-0.2, -0.15) is 0 Å². The number of thiophene rings is 1. The lowest BCUT2D eigenvalue weighted by Crippen LogP contribution is -2.51. The van der Waals surface area contributed by atoms with Gasteiger partial charge in [0.15, 0.2) is 5.96 Å². The molecule has 0 bridgehead atoms. The molecule has 0 radical (unpaired) electrons. The molecule has 1 aromatic carbocycles. The van der Waals surface area contributed by atoms with Gasteiger partial charge in [-0.1, -0.05) is 6.07 Å². The van der Waals surface area contributed by atoms with Crippen molar-refractivity contribution in [3.8, 4) is 0 Å². The summed E-state index contributed by atoms with van der Waals surface area (Å²) in [6.07, 6.45) is 0.238. The smallest absolute Gasteiger partial charge is 0.191 e. The van der Waals surface area contributed by atoms with Crippen molar-refractivity contribution in [2.24, 2.45) is 10.7 Å². The molecule has 30 heavy (non-hydrogen) atoms. The van der Waals surface area contributed by atoms with E-state index in [0.29, 0.717) is 12.5 Å². The number of rotatable bonds is 5. The SMILES string of the molecule is CC1CN(C(CN=C(N)N2CCN(c3ccc(F)cc3)CC2)c2cccs2)CCO1. The number of guanidine groups is 1. The second kappa shape index (κ2) is 9.76. The lowest BCUT2D eigenvalue weighted by molar-refractivity contribution is -0.0327. The molecule has 0 spiro atoms. The first kappa shape index (κ1) is 21.1. The van der Waals surface area contributed by atoms with Crippen molar-refractivity contribution in [3.63, 3.8) is 0 Å². The number of piperazine rings is 1. The van der Waals surface area contributed by atoms with Gasteiger partial charge in [0.1, 0.15) is 5.82 Å². The fourth-order valence-electron chi connectivity index (χ4n) is 4.12. The molecule has 2 N–H and O–H groups in total. The van der Waals surface area contributed by atoms with Crippen molar-refractivity contribution in [3.05, 3.63) is 52.5 Å². The summed E-state index contributed by atoms with van der Waals surface area (Å²) < 4.78 is 18.9. The van der Waals surface area contributed by atoms with E-state index >= 15 is 0 Å².